The van der Waals surface area contributed by atoms with Gasteiger partial charge in [0.15, 0.2) is 0 Å². The molecule has 0 heterocycles. The molecule has 0 saturated carbocycles. The Bertz CT molecular complexity index is 720. The molecule has 0 fully saturated rings. The molecule has 0 spiro atoms. The highest BCUT2D eigenvalue weighted by Crippen LogP contribution is 2.27. The van der Waals surface area contributed by atoms with E-state index in [1.165, 1.54) is 0 Å². The third-order valence-electron chi connectivity index (χ3n) is 2.84. The molecular weight excluding hydrogens is 405 g/mol. The standard InChI is InChI=1S/C16H12BrCl2NO3/c17-11-3-6-14(13(19)9-11)23-15(21)7-8-20-16(22)10-1-4-12(18)5-2-10/h1-6,9H,7-8H2,(H,20,22). The van der Waals surface area contributed by atoms with Crippen LogP contribution in [-0.4, -0.2) is 18.4 Å². The third-order valence-corrected chi connectivity index (χ3v) is 3.88. The average Bonchev–Trinajstić information content (AvgIpc) is 2.50. The van der Waals surface area contributed by atoms with E-state index in [9.17, 15) is 9.59 Å². The maximum Gasteiger partial charge on any atom is 0.313 e. The molecule has 2 rings (SSSR count). The number of amides is 1. The summed E-state index contributed by atoms with van der Waals surface area (Å²) >= 11 is 15.0. The lowest BCUT2D eigenvalue weighted by atomic mass is 10.2. The maximum atomic E-state index is 11.9. The lowest BCUT2D eigenvalue weighted by molar-refractivity contribution is -0.134. The zero-order valence-corrected chi connectivity index (χ0v) is 14.9. The molecule has 4 nitrogen and oxygen atoms in total. The van der Waals surface area contributed by atoms with Crippen LogP contribution in [0.2, 0.25) is 10.0 Å². The number of benzene rings is 2. The second kappa shape index (κ2) is 8.34. The predicted molar refractivity (Wildman–Crippen MR) is 93.2 cm³/mol. The van der Waals surface area contributed by atoms with Gasteiger partial charge in [-0.3, -0.25) is 9.59 Å². The fourth-order valence-corrected chi connectivity index (χ4v) is 2.55. The van der Waals surface area contributed by atoms with E-state index >= 15 is 0 Å². The van der Waals surface area contributed by atoms with Crippen molar-refractivity contribution in [3.8, 4) is 5.75 Å². The highest BCUT2D eigenvalue weighted by atomic mass is 79.9. The summed E-state index contributed by atoms with van der Waals surface area (Å²) in [5.74, 6) is -0.481. The van der Waals surface area contributed by atoms with E-state index in [0.29, 0.717) is 15.6 Å². The Morgan fingerprint density at radius 2 is 1.78 bits per heavy atom. The minimum atomic E-state index is -0.481. The molecule has 0 radical (unpaired) electrons. The Morgan fingerprint density at radius 3 is 2.43 bits per heavy atom. The van der Waals surface area contributed by atoms with Crippen LogP contribution in [-0.2, 0) is 4.79 Å². The van der Waals surface area contributed by atoms with E-state index in [4.69, 9.17) is 27.9 Å². The van der Waals surface area contributed by atoms with Gasteiger partial charge in [0.2, 0.25) is 0 Å². The minimum absolute atomic E-state index is 0.0335. The molecule has 0 atom stereocenters. The molecule has 0 bridgehead atoms. The van der Waals surface area contributed by atoms with Crippen LogP contribution < -0.4 is 10.1 Å². The summed E-state index contributed by atoms with van der Waals surface area (Å²) in [7, 11) is 0. The highest BCUT2D eigenvalue weighted by Gasteiger charge is 2.10. The molecule has 23 heavy (non-hydrogen) atoms. The lowest BCUT2D eigenvalue weighted by Gasteiger charge is -2.07. The highest BCUT2D eigenvalue weighted by molar-refractivity contribution is 9.10. The first-order valence-electron chi connectivity index (χ1n) is 6.65. The van der Waals surface area contributed by atoms with Gasteiger partial charge < -0.3 is 10.1 Å². The van der Waals surface area contributed by atoms with Crippen LogP contribution in [0, 0.1) is 0 Å². The Labute approximate surface area is 151 Å². The molecule has 1 N–H and O–H groups in total. The van der Waals surface area contributed by atoms with Crippen LogP contribution in [0.4, 0.5) is 0 Å². The molecule has 7 heteroatoms. The molecule has 2 aromatic rings. The van der Waals surface area contributed by atoms with Crippen molar-refractivity contribution < 1.29 is 14.3 Å². The Morgan fingerprint density at radius 1 is 1.09 bits per heavy atom. The van der Waals surface area contributed by atoms with Crippen LogP contribution in [0.3, 0.4) is 0 Å². The Kier molecular flexibility index (Phi) is 6.45. The number of nitrogens with one attached hydrogen (secondary N) is 1. The predicted octanol–water partition coefficient (Wildman–Crippen LogP) is 4.48. The molecule has 0 saturated heterocycles. The van der Waals surface area contributed by atoms with Gasteiger partial charge in [0.25, 0.3) is 5.91 Å². The number of carbonyl (C=O) groups excluding carboxylic acids is 2. The van der Waals surface area contributed by atoms with Crippen molar-refractivity contribution in [1.29, 1.82) is 0 Å². The van der Waals surface area contributed by atoms with Crippen molar-refractivity contribution in [2.45, 2.75) is 6.42 Å². The van der Waals surface area contributed by atoms with Crippen molar-refractivity contribution in [3.05, 3.63) is 62.5 Å². The fraction of sp³-hybridized carbons (Fsp3) is 0.125. The Balaban J connectivity index is 1.80. The van der Waals surface area contributed by atoms with E-state index in [2.05, 4.69) is 21.2 Å². The van der Waals surface area contributed by atoms with Crippen LogP contribution in [0.5, 0.6) is 5.75 Å². The van der Waals surface area contributed by atoms with E-state index in [1.807, 2.05) is 0 Å². The number of halogens is 3. The van der Waals surface area contributed by atoms with Gasteiger partial charge in [-0.15, -0.1) is 0 Å². The summed E-state index contributed by atoms with van der Waals surface area (Å²) in [6.45, 7) is 0.161. The fourth-order valence-electron chi connectivity index (χ4n) is 1.71. The molecule has 2 aromatic carbocycles. The summed E-state index contributed by atoms with van der Waals surface area (Å²) in [4.78, 5) is 23.6. The van der Waals surface area contributed by atoms with Crippen LogP contribution in [0.15, 0.2) is 46.9 Å². The summed E-state index contributed by atoms with van der Waals surface area (Å²) < 4.78 is 5.93. The zero-order valence-electron chi connectivity index (χ0n) is 11.8. The smallest absolute Gasteiger partial charge is 0.313 e. The lowest BCUT2D eigenvalue weighted by Crippen LogP contribution is -2.27. The van der Waals surface area contributed by atoms with Gasteiger partial charge in [0.05, 0.1) is 11.4 Å². The molecule has 0 aliphatic heterocycles. The molecule has 0 aliphatic carbocycles. The van der Waals surface area contributed by atoms with Crippen molar-refractivity contribution in [1.82, 2.24) is 5.32 Å². The minimum Gasteiger partial charge on any atom is -0.425 e. The first kappa shape index (κ1) is 17.8. The van der Waals surface area contributed by atoms with Gasteiger partial charge in [0.1, 0.15) is 5.75 Å². The SMILES string of the molecule is O=C(CCNC(=O)c1ccc(Cl)cc1)Oc1ccc(Br)cc1Cl. The zero-order chi connectivity index (χ0) is 16.8. The average molecular weight is 417 g/mol. The Hall–Kier alpha value is -1.56. The molecular formula is C16H12BrCl2NO3. The van der Waals surface area contributed by atoms with Crippen molar-refractivity contribution in [3.63, 3.8) is 0 Å². The van der Waals surface area contributed by atoms with Crippen LogP contribution in [0.25, 0.3) is 0 Å². The second-order valence-electron chi connectivity index (χ2n) is 4.56. The van der Waals surface area contributed by atoms with E-state index in [0.717, 1.165) is 4.47 Å². The summed E-state index contributed by atoms with van der Waals surface area (Å²) in [6.07, 6.45) is 0.0335. The molecule has 0 aliphatic rings. The summed E-state index contributed by atoms with van der Waals surface area (Å²) in [5, 5.41) is 3.52. The van der Waals surface area contributed by atoms with Crippen molar-refractivity contribution >= 4 is 51.0 Å². The topological polar surface area (TPSA) is 55.4 Å². The molecule has 1 amide bonds. The van der Waals surface area contributed by atoms with Gasteiger partial charge in [-0.2, -0.15) is 0 Å². The quantitative estimate of drug-likeness (QED) is 0.577. The van der Waals surface area contributed by atoms with Crippen LogP contribution >= 0.6 is 39.1 Å². The van der Waals surface area contributed by atoms with Gasteiger partial charge in [-0.05, 0) is 42.5 Å². The first-order valence-corrected chi connectivity index (χ1v) is 8.20. The van der Waals surface area contributed by atoms with E-state index < -0.39 is 5.97 Å². The molecule has 0 aromatic heterocycles. The number of ether oxygens (including phenoxy) is 1. The first-order chi connectivity index (χ1) is 11.0. The van der Waals surface area contributed by atoms with Crippen molar-refractivity contribution in [2.24, 2.45) is 0 Å². The monoisotopic (exact) mass is 415 g/mol. The summed E-state index contributed by atoms with van der Waals surface area (Å²) in [6, 6.07) is 11.4. The number of hydrogen-bond donors (Lipinski definition) is 1. The maximum absolute atomic E-state index is 11.9. The third kappa shape index (κ3) is 5.53. The summed E-state index contributed by atoms with van der Waals surface area (Å²) in [5.41, 5.74) is 0.471. The number of hydrogen-bond acceptors (Lipinski definition) is 3. The largest absolute Gasteiger partial charge is 0.425 e. The van der Waals surface area contributed by atoms with Gasteiger partial charge in [-0.1, -0.05) is 39.1 Å². The number of rotatable bonds is 5. The van der Waals surface area contributed by atoms with Gasteiger partial charge in [0, 0.05) is 21.6 Å². The van der Waals surface area contributed by atoms with Gasteiger partial charge >= 0.3 is 5.97 Å². The van der Waals surface area contributed by atoms with Gasteiger partial charge in [-0.25, -0.2) is 0 Å². The van der Waals surface area contributed by atoms with Crippen molar-refractivity contribution in [2.75, 3.05) is 6.54 Å². The molecule has 0 unspecified atom stereocenters. The number of carbonyl (C=O) groups is 2. The molecule has 120 valence electrons. The van der Waals surface area contributed by atoms with E-state index in [1.54, 1.807) is 42.5 Å². The second-order valence-corrected chi connectivity index (χ2v) is 6.32. The van der Waals surface area contributed by atoms with E-state index in [-0.39, 0.29) is 24.6 Å². The normalized spacial score (nSPS) is 10.2. The number of esters is 1. The van der Waals surface area contributed by atoms with Crippen LogP contribution in [0.1, 0.15) is 16.8 Å².